The molecule has 3 heterocycles. The van der Waals surface area contributed by atoms with Gasteiger partial charge in [0.2, 0.25) is 10.0 Å². The predicted octanol–water partition coefficient (Wildman–Crippen LogP) is 1.61. The molecule has 8 nitrogen and oxygen atoms in total. The molecule has 2 N–H and O–H groups in total. The van der Waals surface area contributed by atoms with E-state index in [1.54, 1.807) is 53.2 Å². The van der Waals surface area contributed by atoms with Gasteiger partial charge in [0.15, 0.2) is 0 Å². The number of likely N-dealkylation sites (tertiary alicyclic amines) is 1. The fraction of sp³-hybridized carbons (Fsp3) is 0.333. The summed E-state index contributed by atoms with van der Waals surface area (Å²) in [6.45, 7) is 1.26. The molecule has 3 aliphatic heterocycles. The van der Waals surface area contributed by atoms with Crippen LogP contribution in [0.25, 0.3) is 0 Å². The summed E-state index contributed by atoms with van der Waals surface area (Å²) in [5.41, 5.74) is 1.51. The molecule has 1 saturated heterocycles. The van der Waals surface area contributed by atoms with E-state index in [0.717, 1.165) is 5.56 Å². The number of hydrogen-bond acceptors (Lipinski definition) is 5. The van der Waals surface area contributed by atoms with Crippen LogP contribution >= 0.6 is 0 Å². The summed E-state index contributed by atoms with van der Waals surface area (Å²) < 4.78 is 28.2. The molecule has 2 amide bonds. The van der Waals surface area contributed by atoms with Gasteiger partial charge in [-0.05, 0) is 23.8 Å². The van der Waals surface area contributed by atoms with Crippen LogP contribution in [0.4, 0.5) is 5.69 Å². The number of fused-ring (bicyclic) bond motifs is 2. The summed E-state index contributed by atoms with van der Waals surface area (Å²) in [4.78, 5) is 29.2. The maximum absolute atomic E-state index is 13.2. The second-order valence-corrected chi connectivity index (χ2v) is 9.75. The van der Waals surface area contributed by atoms with Crippen molar-refractivity contribution in [2.24, 2.45) is 0 Å². The number of nitrogens with zero attached hydrogens (tertiary/aromatic N) is 2. The molecule has 1 spiro atoms. The monoisotopic (exact) mass is 426 g/mol. The molecule has 2 aromatic rings. The first-order valence-corrected chi connectivity index (χ1v) is 11.4. The molecular weight excluding hydrogens is 404 g/mol. The van der Waals surface area contributed by atoms with Gasteiger partial charge in [-0.15, -0.1) is 0 Å². The Balaban J connectivity index is 1.37. The number of para-hydroxylation sites is 1. The highest BCUT2D eigenvalue weighted by atomic mass is 32.2. The summed E-state index contributed by atoms with van der Waals surface area (Å²) in [6.07, 6.45) is 0.852. The fourth-order valence-electron chi connectivity index (χ4n) is 4.57. The van der Waals surface area contributed by atoms with Crippen LogP contribution in [0.15, 0.2) is 47.4 Å². The molecule has 156 valence electrons. The van der Waals surface area contributed by atoms with Gasteiger partial charge >= 0.3 is 0 Å². The molecule has 5 rings (SSSR count). The molecule has 0 saturated carbocycles. The van der Waals surface area contributed by atoms with Crippen molar-refractivity contribution in [2.75, 3.05) is 25.5 Å². The smallest absolute Gasteiger partial charge is 0.255 e. The van der Waals surface area contributed by atoms with E-state index in [2.05, 4.69) is 10.0 Å². The van der Waals surface area contributed by atoms with Crippen molar-refractivity contribution in [2.45, 2.75) is 29.9 Å². The van der Waals surface area contributed by atoms with Gasteiger partial charge in [0, 0.05) is 39.5 Å². The van der Waals surface area contributed by atoms with Crippen LogP contribution in [0, 0.1) is 0 Å². The molecule has 2 aromatic carbocycles. The van der Waals surface area contributed by atoms with Crippen molar-refractivity contribution in [1.82, 2.24) is 14.5 Å². The number of amides is 2. The first-order chi connectivity index (χ1) is 14.3. The Labute approximate surface area is 174 Å². The first kappa shape index (κ1) is 19.1. The molecule has 0 unspecified atom stereocenters. The van der Waals surface area contributed by atoms with Crippen molar-refractivity contribution in [3.05, 3.63) is 59.2 Å². The van der Waals surface area contributed by atoms with E-state index < -0.39 is 15.7 Å². The van der Waals surface area contributed by atoms with Crippen molar-refractivity contribution in [1.29, 1.82) is 0 Å². The average Bonchev–Trinajstić information content (AvgIpc) is 3.01. The molecular formula is C21H22N4O4S. The van der Waals surface area contributed by atoms with Gasteiger partial charge in [0.05, 0.1) is 16.8 Å². The summed E-state index contributed by atoms with van der Waals surface area (Å²) in [5, 5.41) is 3.33. The largest absolute Gasteiger partial charge is 0.365 e. The molecule has 30 heavy (non-hydrogen) atoms. The van der Waals surface area contributed by atoms with Crippen molar-refractivity contribution in [3.8, 4) is 0 Å². The van der Waals surface area contributed by atoms with Gasteiger partial charge in [-0.1, -0.05) is 24.3 Å². The van der Waals surface area contributed by atoms with E-state index in [9.17, 15) is 18.0 Å². The highest BCUT2D eigenvalue weighted by Gasteiger charge is 2.44. The second kappa shape index (κ2) is 6.55. The zero-order valence-electron chi connectivity index (χ0n) is 16.5. The van der Waals surface area contributed by atoms with Crippen LogP contribution in [0.5, 0.6) is 0 Å². The van der Waals surface area contributed by atoms with Crippen molar-refractivity contribution in [3.63, 3.8) is 0 Å². The number of carbonyl (C=O) groups excluding carboxylic acids is 2. The van der Waals surface area contributed by atoms with Crippen LogP contribution in [0.1, 0.15) is 39.1 Å². The van der Waals surface area contributed by atoms with Crippen LogP contribution in [-0.4, -0.2) is 55.8 Å². The van der Waals surface area contributed by atoms with Gasteiger partial charge in [0.1, 0.15) is 10.6 Å². The van der Waals surface area contributed by atoms with Gasteiger partial charge in [-0.2, -0.15) is 4.72 Å². The number of nitrogens with one attached hydrogen (secondary N) is 2. The molecule has 0 radical (unpaired) electrons. The summed E-state index contributed by atoms with van der Waals surface area (Å²) in [6, 6.07) is 12.2. The van der Waals surface area contributed by atoms with Crippen molar-refractivity contribution >= 4 is 27.5 Å². The Hall–Kier alpha value is -2.91. The number of hydrogen-bond donors (Lipinski definition) is 2. The van der Waals surface area contributed by atoms with Crippen LogP contribution in [0.2, 0.25) is 0 Å². The third kappa shape index (κ3) is 2.88. The lowest BCUT2D eigenvalue weighted by Gasteiger charge is -2.45. The summed E-state index contributed by atoms with van der Waals surface area (Å²) >= 11 is 0. The lowest BCUT2D eigenvalue weighted by atomic mass is 9.95. The lowest BCUT2D eigenvalue weighted by molar-refractivity contribution is 0.0667. The first-order valence-electron chi connectivity index (χ1n) is 9.87. The Morgan fingerprint density at radius 3 is 2.57 bits per heavy atom. The van der Waals surface area contributed by atoms with Gasteiger partial charge in [0.25, 0.3) is 11.8 Å². The Kier molecular flexibility index (Phi) is 4.16. The highest BCUT2D eigenvalue weighted by Crippen LogP contribution is 2.35. The quantitative estimate of drug-likeness (QED) is 0.722. The minimum Gasteiger partial charge on any atom is -0.365 e. The lowest BCUT2D eigenvalue weighted by Crippen LogP contribution is -2.62. The van der Waals surface area contributed by atoms with Crippen LogP contribution in [-0.2, 0) is 16.6 Å². The average molecular weight is 426 g/mol. The Morgan fingerprint density at radius 2 is 1.80 bits per heavy atom. The number of piperidine rings is 1. The maximum atomic E-state index is 13.2. The normalized spacial score (nSPS) is 21.2. The van der Waals surface area contributed by atoms with E-state index in [1.807, 2.05) is 6.07 Å². The van der Waals surface area contributed by atoms with Crippen molar-refractivity contribution < 1.29 is 18.0 Å². The Morgan fingerprint density at radius 1 is 1.07 bits per heavy atom. The number of sulfonamides is 1. The molecule has 1 fully saturated rings. The molecule has 0 atom stereocenters. The standard InChI is InChI=1S/C21H22N4O4S/c1-24-13-14-5-4-6-15(18(14)20(24)27)19(26)25-11-9-21(10-12-25)22-16-7-2-3-8-17(16)30(28,29)23-21/h2-8,22-23H,9-13H2,1H3. The van der Waals surface area contributed by atoms with E-state index in [1.165, 1.54) is 0 Å². The van der Waals surface area contributed by atoms with Crippen LogP contribution in [0.3, 0.4) is 0 Å². The SMILES string of the molecule is CN1Cc2cccc(C(=O)N3CCC4(CC3)Nc3ccccc3S(=O)(=O)N4)c2C1=O. The van der Waals surface area contributed by atoms with E-state index in [-0.39, 0.29) is 16.7 Å². The molecule has 3 aliphatic rings. The molecule has 9 heteroatoms. The van der Waals surface area contributed by atoms with Gasteiger partial charge < -0.3 is 15.1 Å². The topological polar surface area (TPSA) is 98.8 Å². The Bertz CT molecular complexity index is 1170. The number of anilines is 1. The minimum atomic E-state index is -3.63. The fourth-order valence-corrected chi connectivity index (χ4v) is 6.12. The zero-order valence-corrected chi connectivity index (χ0v) is 17.3. The van der Waals surface area contributed by atoms with E-state index in [0.29, 0.717) is 49.3 Å². The van der Waals surface area contributed by atoms with Gasteiger partial charge in [-0.3, -0.25) is 9.59 Å². The van der Waals surface area contributed by atoms with E-state index in [4.69, 9.17) is 0 Å². The van der Waals surface area contributed by atoms with E-state index >= 15 is 0 Å². The minimum absolute atomic E-state index is 0.138. The summed E-state index contributed by atoms with van der Waals surface area (Å²) in [5.74, 6) is -0.329. The summed E-state index contributed by atoms with van der Waals surface area (Å²) in [7, 11) is -1.91. The predicted molar refractivity (Wildman–Crippen MR) is 110 cm³/mol. The van der Waals surface area contributed by atoms with Crippen LogP contribution < -0.4 is 10.0 Å². The van der Waals surface area contributed by atoms with Gasteiger partial charge in [-0.25, -0.2) is 8.42 Å². The zero-order chi connectivity index (χ0) is 21.1. The third-order valence-electron chi connectivity index (χ3n) is 6.13. The molecule has 0 aromatic heterocycles. The molecule has 0 aliphatic carbocycles. The number of benzene rings is 2. The third-order valence-corrected chi connectivity index (χ3v) is 7.73. The second-order valence-electron chi connectivity index (χ2n) is 8.10. The highest BCUT2D eigenvalue weighted by molar-refractivity contribution is 7.89. The molecule has 0 bridgehead atoms. The maximum Gasteiger partial charge on any atom is 0.255 e. The number of rotatable bonds is 1. The number of carbonyl (C=O) groups is 2.